The maximum Gasteiger partial charge on any atom is 0.258 e. The fourth-order valence-corrected chi connectivity index (χ4v) is 4.91. The molecule has 2 atom stereocenters. The topological polar surface area (TPSA) is 94.6 Å². The highest BCUT2D eigenvalue weighted by Crippen LogP contribution is 2.35. The van der Waals surface area contributed by atoms with Crippen LogP contribution in [0.15, 0.2) is 24.4 Å². The van der Waals surface area contributed by atoms with Crippen LogP contribution in [0.25, 0.3) is 27.7 Å². The van der Waals surface area contributed by atoms with Gasteiger partial charge in [-0.25, -0.2) is 26.8 Å². The van der Waals surface area contributed by atoms with Crippen molar-refractivity contribution in [3.63, 3.8) is 0 Å². The molecular weight excluding hydrogens is 496 g/mol. The van der Waals surface area contributed by atoms with Crippen molar-refractivity contribution in [1.82, 2.24) is 34.5 Å². The van der Waals surface area contributed by atoms with Crippen LogP contribution in [-0.4, -0.2) is 92.6 Å². The molecule has 3 aromatic heterocycles. The van der Waals surface area contributed by atoms with Crippen LogP contribution in [0.4, 0.5) is 23.5 Å². The molecule has 2 aliphatic heterocycles. The second kappa shape index (κ2) is 9.41. The van der Waals surface area contributed by atoms with Crippen molar-refractivity contribution in [2.45, 2.75) is 37.6 Å². The number of aromatic nitrogens is 6. The van der Waals surface area contributed by atoms with Crippen LogP contribution in [0.1, 0.15) is 6.42 Å². The van der Waals surface area contributed by atoms with Gasteiger partial charge in [0.1, 0.15) is 23.7 Å². The Morgan fingerprint density at radius 1 is 1.27 bits per heavy atom. The molecule has 10 nitrogen and oxygen atoms in total. The van der Waals surface area contributed by atoms with Gasteiger partial charge in [-0.05, 0) is 24.1 Å². The molecule has 4 aromatic rings. The van der Waals surface area contributed by atoms with Crippen molar-refractivity contribution >= 4 is 22.5 Å². The summed E-state index contributed by atoms with van der Waals surface area (Å²) in [5.74, 6) is -0.430. The van der Waals surface area contributed by atoms with Gasteiger partial charge in [-0.2, -0.15) is 4.98 Å². The van der Waals surface area contributed by atoms with E-state index >= 15 is 4.39 Å². The second-order valence-corrected chi connectivity index (χ2v) is 9.20. The van der Waals surface area contributed by atoms with Gasteiger partial charge in [0, 0.05) is 13.1 Å². The molecular formula is C23H24F4N8O2. The van der Waals surface area contributed by atoms with Crippen LogP contribution in [0, 0.1) is 5.82 Å². The standard InChI is InChI=1S/C23H24F4N8O2/c1-36-22-21-20(12-2-3-17-18(6-12)34(32-30-17)9-19(26)27)15(25)8-35(21)31-23(29-22)28-16-4-5-33(7-14(16)24)13-10-37-11-13/h2-3,6,8,13-14,16,19H,4-5,7,9-11H2,1H3,(H,28,31)/t14-,16-/m1/s1. The van der Waals surface area contributed by atoms with Crippen LogP contribution >= 0.6 is 0 Å². The lowest BCUT2D eigenvalue weighted by molar-refractivity contribution is -0.0794. The van der Waals surface area contributed by atoms with E-state index in [2.05, 4.69) is 30.6 Å². The van der Waals surface area contributed by atoms with E-state index in [9.17, 15) is 13.2 Å². The van der Waals surface area contributed by atoms with Gasteiger partial charge in [0.25, 0.3) is 6.43 Å². The van der Waals surface area contributed by atoms with Gasteiger partial charge < -0.3 is 14.8 Å². The Hall–Kier alpha value is -3.52. The molecule has 0 amide bonds. The van der Waals surface area contributed by atoms with E-state index in [4.69, 9.17) is 9.47 Å². The fourth-order valence-electron chi connectivity index (χ4n) is 4.91. The normalized spacial score (nSPS) is 21.1. The van der Waals surface area contributed by atoms with Crippen molar-refractivity contribution in [2.75, 3.05) is 38.7 Å². The first kappa shape index (κ1) is 23.9. The molecule has 1 N–H and O–H groups in total. The predicted molar refractivity (Wildman–Crippen MR) is 125 cm³/mol. The number of anilines is 1. The molecule has 196 valence electrons. The van der Waals surface area contributed by atoms with Crippen molar-refractivity contribution in [1.29, 1.82) is 0 Å². The Bertz CT molecular complexity index is 1440. The Morgan fingerprint density at radius 2 is 2.11 bits per heavy atom. The summed E-state index contributed by atoms with van der Waals surface area (Å²) in [4.78, 5) is 6.46. The molecule has 37 heavy (non-hydrogen) atoms. The molecule has 2 saturated heterocycles. The molecule has 0 unspecified atom stereocenters. The lowest BCUT2D eigenvalue weighted by Crippen LogP contribution is -2.57. The van der Waals surface area contributed by atoms with Crippen molar-refractivity contribution < 1.29 is 27.0 Å². The maximum atomic E-state index is 15.3. The number of alkyl halides is 3. The minimum absolute atomic E-state index is 0.0789. The van der Waals surface area contributed by atoms with E-state index in [-0.39, 0.29) is 35.5 Å². The molecule has 0 aliphatic carbocycles. The van der Waals surface area contributed by atoms with E-state index in [0.29, 0.717) is 42.8 Å². The molecule has 2 aliphatic rings. The van der Waals surface area contributed by atoms with Gasteiger partial charge in [0.05, 0.1) is 49.7 Å². The molecule has 5 heterocycles. The molecule has 2 fully saturated rings. The summed E-state index contributed by atoms with van der Waals surface area (Å²) in [7, 11) is 1.39. The number of halogens is 4. The van der Waals surface area contributed by atoms with Gasteiger partial charge in [0.2, 0.25) is 11.8 Å². The third kappa shape index (κ3) is 4.33. The first-order valence-corrected chi connectivity index (χ1v) is 11.9. The summed E-state index contributed by atoms with van der Waals surface area (Å²) in [6.45, 7) is 1.62. The second-order valence-electron chi connectivity index (χ2n) is 9.20. The first-order valence-electron chi connectivity index (χ1n) is 11.9. The molecule has 1 aromatic carbocycles. The average molecular weight is 520 g/mol. The Labute approximate surface area is 208 Å². The van der Waals surface area contributed by atoms with Crippen molar-refractivity contribution in [3.8, 4) is 17.0 Å². The van der Waals surface area contributed by atoms with Crippen molar-refractivity contribution in [3.05, 3.63) is 30.2 Å². The van der Waals surface area contributed by atoms with Gasteiger partial charge in [-0.1, -0.05) is 11.3 Å². The SMILES string of the molecule is COc1nc(N[C@@H]2CCN(C3COC3)C[C@H]2F)nn2cc(F)c(-c3ccc4nnn(CC(F)F)c4c3)c12. The lowest BCUT2D eigenvalue weighted by Gasteiger charge is -2.42. The van der Waals surface area contributed by atoms with Gasteiger partial charge in [0.15, 0.2) is 5.82 Å². The summed E-state index contributed by atoms with van der Waals surface area (Å²) in [5.41, 5.74) is 1.51. The number of hydrogen-bond acceptors (Lipinski definition) is 8. The number of hydrogen-bond donors (Lipinski definition) is 1. The molecule has 0 radical (unpaired) electrons. The first-order chi connectivity index (χ1) is 17.9. The Balaban J connectivity index is 1.32. The number of rotatable bonds is 7. The highest BCUT2D eigenvalue weighted by Gasteiger charge is 2.36. The summed E-state index contributed by atoms with van der Waals surface area (Å²) in [6, 6.07) is 4.48. The zero-order valence-electron chi connectivity index (χ0n) is 19.8. The number of nitrogens with zero attached hydrogens (tertiary/aromatic N) is 7. The minimum Gasteiger partial charge on any atom is -0.479 e. The van der Waals surface area contributed by atoms with E-state index in [1.165, 1.54) is 23.9 Å². The summed E-state index contributed by atoms with van der Waals surface area (Å²) >= 11 is 0. The summed E-state index contributed by atoms with van der Waals surface area (Å²) < 4.78 is 69.1. The van der Waals surface area contributed by atoms with Gasteiger partial charge in [-0.3, -0.25) is 4.90 Å². The highest BCUT2D eigenvalue weighted by atomic mass is 19.3. The van der Waals surface area contributed by atoms with Gasteiger partial charge in [-0.15, -0.1) is 10.2 Å². The maximum absolute atomic E-state index is 15.3. The third-order valence-corrected chi connectivity index (χ3v) is 6.88. The zero-order chi connectivity index (χ0) is 25.7. The number of methoxy groups -OCH3 is 1. The van der Waals surface area contributed by atoms with Crippen LogP contribution in [-0.2, 0) is 11.3 Å². The van der Waals surface area contributed by atoms with Crippen LogP contribution in [0.5, 0.6) is 5.88 Å². The minimum atomic E-state index is -2.62. The van der Waals surface area contributed by atoms with E-state index in [1.54, 1.807) is 12.1 Å². The van der Waals surface area contributed by atoms with E-state index < -0.39 is 31.0 Å². The van der Waals surface area contributed by atoms with Gasteiger partial charge >= 0.3 is 0 Å². The number of benzene rings is 1. The van der Waals surface area contributed by atoms with E-state index in [1.807, 2.05) is 0 Å². The molecule has 6 rings (SSSR count). The fraction of sp³-hybridized carbons (Fsp3) is 0.478. The summed E-state index contributed by atoms with van der Waals surface area (Å²) in [6.07, 6.45) is -2.05. The third-order valence-electron chi connectivity index (χ3n) is 6.88. The van der Waals surface area contributed by atoms with Crippen LogP contribution in [0.2, 0.25) is 0 Å². The van der Waals surface area contributed by atoms with Crippen LogP contribution < -0.4 is 10.1 Å². The van der Waals surface area contributed by atoms with E-state index in [0.717, 1.165) is 4.68 Å². The number of likely N-dealkylation sites (tertiary alicyclic amines) is 1. The quantitative estimate of drug-likeness (QED) is 0.372. The van der Waals surface area contributed by atoms with Crippen LogP contribution in [0.3, 0.4) is 0 Å². The predicted octanol–water partition coefficient (Wildman–Crippen LogP) is 2.78. The molecule has 0 saturated carbocycles. The highest BCUT2D eigenvalue weighted by molar-refractivity contribution is 5.89. The number of piperidine rings is 1. The Morgan fingerprint density at radius 3 is 2.81 bits per heavy atom. The number of nitrogens with one attached hydrogen (secondary N) is 1. The lowest BCUT2D eigenvalue weighted by atomic mass is 10.0. The molecule has 0 bridgehead atoms. The number of fused-ring (bicyclic) bond motifs is 2. The average Bonchev–Trinajstić information content (AvgIpc) is 3.38. The van der Waals surface area contributed by atoms with Crippen molar-refractivity contribution in [2.24, 2.45) is 0 Å². The Kier molecular flexibility index (Phi) is 6.07. The molecule has 14 heteroatoms. The monoisotopic (exact) mass is 520 g/mol. The number of ether oxygens (including phenoxy) is 2. The smallest absolute Gasteiger partial charge is 0.258 e. The molecule has 0 spiro atoms. The zero-order valence-corrected chi connectivity index (χ0v) is 19.8. The summed E-state index contributed by atoms with van der Waals surface area (Å²) in [5, 5.41) is 15.0. The largest absolute Gasteiger partial charge is 0.479 e.